The molecule has 0 aliphatic rings. The molecule has 0 spiro atoms. The number of hydrogen-bond acceptors (Lipinski definition) is 4. The first-order chi connectivity index (χ1) is 14.1. The summed E-state index contributed by atoms with van der Waals surface area (Å²) in [6.07, 6.45) is 11.1. The second kappa shape index (κ2) is 9.45. The summed E-state index contributed by atoms with van der Waals surface area (Å²) in [6, 6.07) is 4.24. The zero-order valence-corrected chi connectivity index (χ0v) is 17.9. The van der Waals surface area contributed by atoms with Crippen LogP contribution in [-0.2, 0) is 25.8 Å². The smallest absolute Gasteiger partial charge is 0.181 e. The van der Waals surface area contributed by atoms with E-state index in [1.807, 2.05) is 34.3 Å². The second-order valence-electron chi connectivity index (χ2n) is 7.03. The summed E-state index contributed by atoms with van der Waals surface area (Å²) in [7, 11) is 0. The summed E-state index contributed by atoms with van der Waals surface area (Å²) in [6.45, 7) is 12.9. The summed E-state index contributed by atoms with van der Waals surface area (Å²) in [4.78, 5) is 9.60. The Hall–Kier alpha value is -3.02. The van der Waals surface area contributed by atoms with Gasteiger partial charge in [-0.3, -0.25) is 0 Å². The van der Waals surface area contributed by atoms with Crippen molar-refractivity contribution in [3.63, 3.8) is 0 Å². The molecule has 0 fully saturated rings. The Labute approximate surface area is 172 Å². The van der Waals surface area contributed by atoms with E-state index in [0.717, 1.165) is 66.6 Å². The summed E-state index contributed by atoms with van der Waals surface area (Å²) >= 11 is 0. The average molecular weight is 391 g/mol. The third-order valence-corrected chi connectivity index (χ3v) is 4.92. The van der Waals surface area contributed by atoms with E-state index in [4.69, 9.17) is 20.2 Å². The van der Waals surface area contributed by atoms with Crippen molar-refractivity contribution in [2.45, 2.75) is 59.9 Å². The van der Waals surface area contributed by atoms with Gasteiger partial charge in [0.1, 0.15) is 5.82 Å². The molecule has 0 radical (unpaired) electrons. The molecule has 0 saturated heterocycles. The van der Waals surface area contributed by atoms with Gasteiger partial charge in [0.25, 0.3) is 0 Å². The highest BCUT2D eigenvalue weighted by Crippen LogP contribution is 2.16. The van der Waals surface area contributed by atoms with Crippen molar-refractivity contribution < 1.29 is 0 Å². The molecule has 3 aromatic heterocycles. The van der Waals surface area contributed by atoms with E-state index in [2.05, 4.69) is 39.5 Å². The topological polar surface area (TPSA) is 60.9 Å². The molecule has 29 heavy (non-hydrogen) atoms. The maximum Gasteiger partial charge on any atom is 0.181 e. The zero-order chi connectivity index (χ0) is 20.8. The molecule has 0 saturated carbocycles. The highest BCUT2D eigenvalue weighted by Gasteiger charge is 2.14. The van der Waals surface area contributed by atoms with Gasteiger partial charge in [-0.05, 0) is 38.3 Å². The number of rotatable bonds is 9. The Balaban J connectivity index is 1.86. The molecule has 0 amide bonds. The third-order valence-electron chi connectivity index (χ3n) is 4.92. The summed E-state index contributed by atoms with van der Waals surface area (Å²) in [5.41, 5.74) is 4.27. The molecule has 0 unspecified atom stereocenters. The Morgan fingerprint density at radius 2 is 1.97 bits per heavy atom. The monoisotopic (exact) mass is 390 g/mol. The van der Waals surface area contributed by atoms with E-state index >= 15 is 0 Å². The van der Waals surface area contributed by atoms with E-state index in [0.29, 0.717) is 0 Å². The van der Waals surface area contributed by atoms with Crippen LogP contribution in [0.3, 0.4) is 0 Å². The highest BCUT2D eigenvalue weighted by atomic mass is 15.3. The predicted octanol–water partition coefficient (Wildman–Crippen LogP) is 4.53. The fourth-order valence-corrected chi connectivity index (χ4v) is 3.32. The number of aryl methyl sites for hydroxylation is 5. The second-order valence-corrected chi connectivity index (χ2v) is 7.03. The van der Waals surface area contributed by atoms with Crippen LogP contribution in [-0.4, -0.2) is 29.4 Å². The van der Waals surface area contributed by atoms with E-state index in [-0.39, 0.29) is 0 Å². The van der Waals surface area contributed by atoms with Gasteiger partial charge in [-0.1, -0.05) is 50.8 Å². The van der Waals surface area contributed by atoms with E-state index in [9.17, 15) is 0 Å². The van der Waals surface area contributed by atoms with Crippen LogP contribution in [0.5, 0.6) is 0 Å². The summed E-state index contributed by atoms with van der Waals surface area (Å²) in [5, 5.41) is 9.45. The first kappa shape index (κ1) is 20.7. The molecule has 0 atom stereocenters. The molecule has 0 aromatic carbocycles. The molecule has 6 nitrogen and oxygen atoms in total. The van der Waals surface area contributed by atoms with Crippen molar-refractivity contribution in [2.24, 2.45) is 0 Å². The number of aromatic nitrogens is 6. The lowest BCUT2D eigenvalue weighted by atomic mass is 10.2. The van der Waals surface area contributed by atoms with Crippen molar-refractivity contribution in [3.05, 3.63) is 71.7 Å². The Morgan fingerprint density at radius 1 is 1.14 bits per heavy atom. The zero-order valence-electron chi connectivity index (χ0n) is 17.9. The minimum Gasteiger partial charge on any atom is -0.249 e. The van der Waals surface area contributed by atoms with Crippen LogP contribution in [0.2, 0.25) is 0 Å². The van der Waals surface area contributed by atoms with Crippen LogP contribution in [0.1, 0.15) is 55.9 Å². The molecule has 152 valence electrons. The number of nitrogens with zero attached hydrogens (tertiary/aromatic N) is 6. The summed E-state index contributed by atoms with van der Waals surface area (Å²) < 4.78 is 3.97. The van der Waals surface area contributed by atoms with Crippen LogP contribution in [0.25, 0.3) is 11.2 Å². The fourth-order valence-electron chi connectivity index (χ4n) is 3.32. The molecule has 0 N–H and O–H groups in total. The van der Waals surface area contributed by atoms with Gasteiger partial charge in [-0.2, -0.15) is 10.2 Å². The van der Waals surface area contributed by atoms with Gasteiger partial charge < -0.3 is 0 Å². The van der Waals surface area contributed by atoms with Gasteiger partial charge in [0.05, 0.1) is 0 Å². The standard InChI is InChI=1S/C23H30N6/c1-6-10-11-18(8-3)22-25-21(28(27-22)16-7-2)15-14-20-24-23-19(9-4)13-12-17(5)29(23)26-20/h6,8,10-13H,1,7,9,14-16H2,2-5H3. The number of hydrogen-bond donors (Lipinski definition) is 0. The molecular weight excluding hydrogens is 360 g/mol. The fraction of sp³-hybridized carbons (Fsp3) is 0.391. The van der Waals surface area contributed by atoms with Crippen LogP contribution < -0.4 is 0 Å². The minimum absolute atomic E-state index is 0.736. The number of fused-ring (bicyclic) bond motifs is 1. The lowest BCUT2D eigenvalue weighted by molar-refractivity contribution is 0.564. The first-order valence-electron chi connectivity index (χ1n) is 10.3. The maximum absolute atomic E-state index is 4.81. The predicted molar refractivity (Wildman–Crippen MR) is 118 cm³/mol. The summed E-state index contributed by atoms with van der Waals surface area (Å²) in [5.74, 6) is 2.57. The molecule has 6 heteroatoms. The largest absolute Gasteiger partial charge is 0.249 e. The van der Waals surface area contributed by atoms with Gasteiger partial charge in [0, 0.05) is 30.7 Å². The van der Waals surface area contributed by atoms with Gasteiger partial charge in [0.15, 0.2) is 17.3 Å². The van der Waals surface area contributed by atoms with Crippen molar-refractivity contribution in [1.82, 2.24) is 29.4 Å². The number of allylic oxidation sites excluding steroid dienone is 5. The molecule has 3 rings (SSSR count). The van der Waals surface area contributed by atoms with Gasteiger partial charge in [-0.25, -0.2) is 19.2 Å². The quantitative estimate of drug-likeness (QED) is 0.504. The van der Waals surface area contributed by atoms with Crippen LogP contribution in [0.15, 0.2) is 43.0 Å². The minimum atomic E-state index is 0.736. The van der Waals surface area contributed by atoms with Gasteiger partial charge in [0.2, 0.25) is 0 Å². The van der Waals surface area contributed by atoms with Crippen molar-refractivity contribution in [1.29, 1.82) is 0 Å². The SMILES string of the molecule is C=CC=CC(=CC)c1nc(CCc2nc3c(CC)ccc(C)n3n2)n(CCC)n1. The molecule has 3 aromatic rings. The van der Waals surface area contributed by atoms with Crippen molar-refractivity contribution in [2.75, 3.05) is 0 Å². The third kappa shape index (κ3) is 4.53. The van der Waals surface area contributed by atoms with Crippen LogP contribution >= 0.6 is 0 Å². The van der Waals surface area contributed by atoms with E-state index in [1.165, 1.54) is 5.56 Å². The van der Waals surface area contributed by atoms with Crippen LogP contribution in [0.4, 0.5) is 0 Å². The molecule has 3 heterocycles. The lowest BCUT2D eigenvalue weighted by Gasteiger charge is -2.02. The van der Waals surface area contributed by atoms with Gasteiger partial charge in [-0.15, -0.1) is 0 Å². The molecule has 0 aliphatic heterocycles. The maximum atomic E-state index is 4.81. The molecular formula is C23H30N6. The lowest BCUT2D eigenvalue weighted by Crippen LogP contribution is -2.07. The highest BCUT2D eigenvalue weighted by molar-refractivity contribution is 5.69. The number of pyridine rings is 1. The molecule has 0 aliphatic carbocycles. The van der Waals surface area contributed by atoms with Crippen LogP contribution in [0, 0.1) is 6.92 Å². The Kier molecular flexibility index (Phi) is 6.75. The van der Waals surface area contributed by atoms with Gasteiger partial charge >= 0.3 is 0 Å². The first-order valence-corrected chi connectivity index (χ1v) is 10.3. The van der Waals surface area contributed by atoms with E-state index in [1.54, 1.807) is 6.08 Å². The Morgan fingerprint density at radius 3 is 2.66 bits per heavy atom. The molecule has 0 bridgehead atoms. The normalized spacial score (nSPS) is 12.3. The van der Waals surface area contributed by atoms with Crippen molar-refractivity contribution in [3.8, 4) is 0 Å². The average Bonchev–Trinajstić information content (AvgIpc) is 3.33. The Bertz CT molecular complexity index is 1050. The van der Waals surface area contributed by atoms with E-state index < -0.39 is 0 Å². The van der Waals surface area contributed by atoms with Crippen molar-refractivity contribution >= 4 is 11.2 Å².